The van der Waals surface area contributed by atoms with E-state index in [0.717, 1.165) is 18.7 Å². The van der Waals surface area contributed by atoms with Crippen molar-refractivity contribution in [1.29, 1.82) is 0 Å². The number of nitrogens with zero attached hydrogens (tertiary/aromatic N) is 4. The van der Waals surface area contributed by atoms with Crippen LogP contribution in [0.15, 0.2) is 88.0 Å². The third kappa shape index (κ3) is 4.13. The van der Waals surface area contributed by atoms with Gasteiger partial charge in [-0.3, -0.25) is 9.69 Å². The molecular weight excluding hydrogens is 392 g/mol. The first-order chi connectivity index (χ1) is 15.3. The summed E-state index contributed by atoms with van der Waals surface area (Å²) in [5.41, 5.74) is 2.10. The van der Waals surface area contributed by atoms with Crippen molar-refractivity contribution in [1.82, 2.24) is 19.9 Å². The molecule has 2 aromatic carbocycles. The molecule has 0 aliphatic carbocycles. The van der Waals surface area contributed by atoms with Crippen molar-refractivity contribution in [2.75, 3.05) is 19.6 Å². The number of rotatable bonds is 5. The van der Waals surface area contributed by atoms with E-state index in [1.165, 1.54) is 11.8 Å². The molecule has 0 bridgehead atoms. The first-order valence-electron chi connectivity index (χ1n) is 10.3. The van der Waals surface area contributed by atoms with Gasteiger partial charge in [0.2, 0.25) is 5.82 Å². The van der Waals surface area contributed by atoms with E-state index in [2.05, 4.69) is 27.2 Å². The normalized spacial score (nSPS) is 17.0. The van der Waals surface area contributed by atoms with Gasteiger partial charge in [0.05, 0.1) is 6.26 Å². The van der Waals surface area contributed by atoms with Crippen LogP contribution >= 0.6 is 0 Å². The van der Waals surface area contributed by atoms with Crippen molar-refractivity contribution in [2.24, 2.45) is 0 Å². The van der Waals surface area contributed by atoms with E-state index in [9.17, 15) is 4.79 Å². The third-order valence-corrected chi connectivity index (χ3v) is 5.47. The molecule has 1 atom stereocenters. The zero-order valence-electron chi connectivity index (χ0n) is 16.9. The van der Waals surface area contributed by atoms with Gasteiger partial charge >= 0.3 is 0 Å². The Bertz CT molecular complexity index is 1130. The summed E-state index contributed by atoms with van der Waals surface area (Å²) in [7, 11) is 0. The number of hydrogen-bond acceptors (Lipinski definition) is 6. The number of aromatic nitrogens is 2. The summed E-state index contributed by atoms with van der Waals surface area (Å²) in [6, 6.07) is 23.0. The number of carbonyl (C=O) groups is 1. The zero-order valence-corrected chi connectivity index (χ0v) is 16.9. The number of amides is 1. The molecule has 1 saturated heterocycles. The average molecular weight is 414 g/mol. The minimum atomic E-state index is -0.361. The van der Waals surface area contributed by atoms with E-state index in [-0.39, 0.29) is 11.9 Å². The number of furan rings is 1. The van der Waals surface area contributed by atoms with Gasteiger partial charge in [-0.1, -0.05) is 65.8 Å². The van der Waals surface area contributed by atoms with E-state index >= 15 is 0 Å². The molecule has 31 heavy (non-hydrogen) atoms. The van der Waals surface area contributed by atoms with Crippen LogP contribution in [0.1, 0.15) is 28.1 Å². The van der Waals surface area contributed by atoms with E-state index in [1.54, 1.807) is 17.0 Å². The Morgan fingerprint density at radius 3 is 2.48 bits per heavy atom. The quantitative estimate of drug-likeness (QED) is 0.491. The van der Waals surface area contributed by atoms with Gasteiger partial charge in [0.15, 0.2) is 5.76 Å². The number of carbonyl (C=O) groups excluding carboxylic acids is 1. The van der Waals surface area contributed by atoms with E-state index in [0.29, 0.717) is 30.6 Å². The lowest BCUT2D eigenvalue weighted by atomic mass is 10.1. The maximum absolute atomic E-state index is 13.1. The molecular formula is C24H22N4O3. The van der Waals surface area contributed by atoms with Gasteiger partial charge in [-0.15, -0.1) is 0 Å². The monoisotopic (exact) mass is 414 g/mol. The summed E-state index contributed by atoms with van der Waals surface area (Å²) in [5, 5.41) is 4.16. The molecule has 1 amide bonds. The molecule has 2 aromatic heterocycles. The second kappa shape index (κ2) is 8.57. The second-order valence-corrected chi connectivity index (χ2v) is 7.53. The van der Waals surface area contributed by atoms with Crippen LogP contribution in [0, 0.1) is 0 Å². The van der Waals surface area contributed by atoms with Crippen molar-refractivity contribution in [2.45, 2.75) is 12.6 Å². The first-order valence-corrected chi connectivity index (χ1v) is 10.3. The fourth-order valence-corrected chi connectivity index (χ4v) is 3.90. The Hall–Kier alpha value is -3.71. The topological polar surface area (TPSA) is 75.6 Å². The summed E-state index contributed by atoms with van der Waals surface area (Å²) in [6.45, 7) is 2.68. The molecule has 1 fully saturated rings. The predicted octanol–water partition coefficient (Wildman–Crippen LogP) is 4.03. The number of benzene rings is 2. The van der Waals surface area contributed by atoms with Crippen molar-refractivity contribution >= 4 is 5.91 Å². The molecule has 4 aromatic rings. The molecule has 0 spiro atoms. The van der Waals surface area contributed by atoms with Crippen LogP contribution in [-0.4, -0.2) is 45.5 Å². The summed E-state index contributed by atoms with van der Waals surface area (Å²) < 4.78 is 11.0. The van der Waals surface area contributed by atoms with Gasteiger partial charge in [-0.2, -0.15) is 4.98 Å². The van der Waals surface area contributed by atoms with Gasteiger partial charge < -0.3 is 13.8 Å². The molecule has 1 unspecified atom stereocenters. The van der Waals surface area contributed by atoms with Gasteiger partial charge in [-0.25, -0.2) is 0 Å². The fraction of sp³-hybridized carbons (Fsp3) is 0.208. The van der Waals surface area contributed by atoms with E-state index in [1.807, 2.05) is 48.5 Å². The van der Waals surface area contributed by atoms with E-state index in [4.69, 9.17) is 8.94 Å². The highest BCUT2D eigenvalue weighted by molar-refractivity contribution is 5.91. The largest absolute Gasteiger partial charge is 0.459 e. The van der Waals surface area contributed by atoms with Crippen molar-refractivity contribution in [3.63, 3.8) is 0 Å². The molecule has 7 heteroatoms. The lowest BCUT2D eigenvalue weighted by Crippen LogP contribution is -2.50. The smallest absolute Gasteiger partial charge is 0.290 e. The molecule has 0 N–H and O–H groups in total. The van der Waals surface area contributed by atoms with Crippen LogP contribution in [0.5, 0.6) is 0 Å². The summed E-state index contributed by atoms with van der Waals surface area (Å²) in [6.07, 6.45) is 1.51. The Labute approximate surface area is 179 Å². The molecule has 7 nitrogen and oxygen atoms in total. The van der Waals surface area contributed by atoms with Crippen LogP contribution in [0.4, 0.5) is 0 Å². The third-order valence-electron chi connectivity index (χ3n) is 5.47. The highest BCUT2D eigenvalue weighted by Gasteiger charge is 2.36. The van der Waals surface area contributed by atoms with Gasteiger partial charge in [0.25, 0.3) is 11.8 Å². The first kappa shape index (κ1) is 19.3. The Morgan fingerprint density at radius 2 is 1.74 bits per heavy atom. The standard InChI is InChI=1S/C24H22N4O3/c29-24(21-12-7-15-30-21)28-14-13-27(16-18-8-3-1-4-9-18)17-20(28)23-25-22(26-31-23)19-10-5-2-6-11-19/h1-12,15,20H,13-14,16-17H2. The summed E-state index contributed by atoms with van der Waals surface area (Å²) in [5.74, 6) is 1.08. The molecule has 1 aliphatic heterocycles. The maximum Gasteiger partial charge on any atom is 0.290 e. The minimum Gasteiger partial charge on any atom is -0.459 e. The lowest BCUT2D eigenvalue weighted by Gasteiger charge is -2.39. The maximum atomic E-state index is 13.1. The fourth-order valence-electron chi connectivity index (χ4n) is 3.90. The van der Waals surface area contributed by atoms with Crippen LogP contribution in [0.2, 0.25) is 0 Å². The zero-order chi connectivity index (χ0) is 21.0. The molecule has 5 rings (SSSR count). The van der Waals surface area contributed by atoms with Crippen molar-refractivity contribution in [3.8, 4) is 11.4 Å². The number of hydrogen-bond donors (Lipinski definition) is 0. The van der Waals surface area contributed by atoms with Gasteiger partial charge in [0.1, 0.15) is 6.04 Å². The molecule has 156 valence electrons. The molecule has 3 heterocycles. The minimum absolute atomic E-state index is 0.172. The molecule has 1 aliphatic rings. The van der Waals surface area contributed by atoms with Crippen LogP contribution in [-0.2, 0) is 6.54 Å². The highest BCUT2D eigenvalue weighted by Crippen LogP contribution is 2.29. The Balaban J connectivity index is 1.43. The van der Waals surface area contributed by atoms with E-state index < -0.39 is 0 Å². The molecule has 0 saturated carbocycles. The lowest BCUT2D eigenvalue weighted by molar-refractivity contribution is 0.0331. The Kier molecular flexibility index (Phi) is 5.33. The van der Waals surface area contributed by atoms with Gasteiger partial charge in [0, 0.05) is 31.7 Å². The SMILES string of the molecule is O=C(c1ccco1)N1CCN(Cc2ccccc2)CC1c1nc(-c2ccccc2)no1. The molecule has 0 radical (unpaired) electrons. The predicted molar refractivity (Wildman–Crippen MR) is 114 cm³/mol. The Morgan fingerprint density at radius 1 is 0.968 bits per heavy atom. The summed E-state index contributed by atoms with van der Waals surface area (Å²) in [4.78, 5) is 21.8. The van der Waals surface area contributed by atoms with Crippen molar-refractivity contribution in [3.05, 3.63) is 96.3 Å². The number of piperazine rings is 1. The summed E-state index contributed by atoms with van der Waals surface area (Å²) >= 11 is 0. The van der Waals surface area contributed by atoms with Crippen LogP contribution < -0.4 is 0 Å². The van der Waals surface area contributed by atoms with Crippen molar-refractivity contribution < 1.29 is 13.7 Å². The van der Waals surface area contributed by atoms with Crippen LogP contribution in [0.25, 0.3) is 11.4 Å². The average Bonchev–Trinajstić information content (AvgIpc) is 3.53. The second-order valence-electron chi connectivity index (χ2n) is 7.53. The van der Waals surface area contributed by atoms with Gasteiger partial charge in [-0.05, 0) is 17.7 Å². The highest BCUT2D eigenvalue weighted by atomic mass is 16.5. The van der Waals surface area contributed by atoms with Crippen LogP contribution in [0.3, 0.4) is 0 Å².